The molecule has 0 N–H and O–H groups in total. The SMILES string of the molecule is O=C(CC1CCOC2(CCN(S(=O)(=O)c3ccc4c(c3)CCC4)CC2)C1)N1CCCC1. The lowest BCUT2D eigenvalue weighted by atomic mass is 9.78. The maximum absolute atomic E-state index is 13.3. The van der Waals surface area contributed by atoms with Crippen molar-refractivity contribution >= 4 is 15.9 Å². The van der Waals surface area contributed by atoms with Crippen LogP contribution in [0.4, 0.5) is 0 Å². The van der Waals surface area contributed by atoms with E-state index >= 15 is 0 Å². The third-order valence-corrected chi connectivity index (χ3v) is 9.75. The van der Waals surface area contributed by atoms with Gasteiger partial charge < -0.3 is 9.64 Å². The highest BCUT2D eigenvalue weighted by atomic mass is 32.2. The van der Waals surface area contributed by atoms with Gasteiger partial charge in [0.1, 0.15) is 0 Å². The highest BCUT2D eigenvalue weighted by molar-refractivity contribution is 7.89. The number of fused-ring (bicyclic) bond motifs is 1. The van der Waals surface area contributed by atoms with Gasteiger partial charge >= 0.3 is 0 Å². The highest BCUT2D eigenvalue weighted by Crippen LogP contribution is 2.40. The van der Waals surface area contributed by atoms with Gasteiger partial charge in [0.05, 0.1) is 10.5 Å². The predicted octanol–water partition coefficient (Wildman–Crippen LogP) is 3.14. The lowest BCUT2D eigenvalue weighted by Gasteiger charge is -2.46. The maximum atomic E-state index is 13.3. The van der Waals surface area contributed by atoms with E-state index in [0.29, 0.717) is 49.8 Å². The number of hydrogen-bond donors (Lipinski definition) is 0. The minimum Gasteiger partial charge on any atom is -0.375 e. The molecule has 0 saturated carbocycles. The minimum absolute atomic E-state index is 0.266. The van der Waals surface area contributed by atoms with Crippen LogP contribution >= 0.6 is 0 Å². The molecule has 1 amide bonds. The fourth-order valence-corrected chi connectivity index (χ4v) is 7.48. The molecule has 0 radical (unpaired) electrons. The summed E-state index contributed by atoms with van der Waals surface area (Å²) >= 11 is 0. The molecule has 3 heterocycles. The number of hydrogen-bond acceptors (Lipinski definition) is 4. The van der Waals surface area contributed by atoms with Crippen molar-refractivity contribution in [2.45, 2.75) is 74.7 Å². The number of aryl methyl sites for hydroxylation is 2. The summed E-state index contributed by atoms with van der Waals surface area (Å²) in [6, 6.07) is 5.66. The van der Waals surface area contributed by atoms with Crippen LogP contribution in [0.1, 0.15) is 62.5 Å². The molecule has 3 fully saturated rings. The Morgan fingerprint density at radius 3 is 2.55 bits per heavy atom. The van der Waals surface area contributed by atoms with Gasteiger partial charge in [-0.05, 0) is 87.0 Å². The van der Waals surface area contributed by atoms with Gasteiger partial charge in [0.15, 0.2) is 0 Å². The third-order valence-electron chi connectivity index (χ3n) is 7.86. The van der Waals surface area contributed by atoms with Crippen molar-refractivity contribution < 1.29 is 17.9 Å². The van der Waals surface area contributed by atoms with Crippen molar-refractivity contribution in [3.63, 3.8) is 0 Å². The van der Waals surface area contributed by atoms with Gasteiger partial charge in [0, 0.05) is 39.2 Å². The highest BCUT2D eigenvalue weighted by Gasteiger charge is 2.43. The van der Waals surface area contributed by atoms with Crippen molar-refractivity contribution in [1.82, 2.24) is 9.21 Å². The van der Waals surface area contributed by atoms with Gasteiger partial charge in [0.2, 0.25) is 15.9 Å². The predicted molar refractivity (Wildman–Crippen MR) is 118 cm³/mol. The molecule has 0 aromatic heterocycles. The molecule has 31 heavy (non-hydrogen) atoms. The zero-order chi connectivity index (χ0) is 21.5. The normalized spacial score (nSPS) is 26.3. The van der Waals surface area contributed by atoms with Crippen molar-refractivity contribution in [2.75, 3.05) is 32.8 Å². The average Bonchev–Trinajstić information content (AvgIpc) is 3.46. The van der Waals surface area contributed by atoms with E-state index in [1.165, 1.54) is 11.1 Å². The van der Waals surface area contributed by atoms with Crippen LogP contribution < -0.4 is 0 Å². The number of amides is 1. The van der Waals surface area contributed by atoms with Gasteiger partial charge in [-0.25, -0.2) is 8.42 Å². The lowest BCUT2D eigenvalue weighted by Crippen LogP contribution is -2.51. The van der Waals surface area contributed by atoms with E-state index < -0.39 is 10.0 Å². The summed E-state index contributed by atoms with van der Waals surface area (Å²) in [7, 11) is -3.47. The quantitative estimate of drug-likeness (QED) is 0.713. The zero-order valence-corrected chi connectivity index (χ0v) is 19.2. The van der Waals surface area contributed by atoms with Gasteiger partial charge in [-0.3, -0.25) is 4.79 Å². The summed E-state index contributed by atoms with van der Waals surface area (Å²) in [6.45, 7) is 3.47. The van der Waals surface area contributed by atoms with Gasteiger partial charge in [0.25, 0.3) is 0 Å². The van der Waals surface area contributed by atoms with Crippen LogP contribution in [0.3, 0.4) is 0 Å². The number of likely N-dealkylation sites (tertiary alicyclic amines) is 1. The second-order valence-electron chi connectivity index (χ2n) is 9.87. The van der Waals surface area contributed by atoms with Crippen molar-refractivity contribution in [1.29, 1.82) is 0 Å². The number of nitrogens with zero attached hydrogens (tertiary/aromatic N) is 2. The zero-order valence-electron chi connectivity index (χ0n) is 18.4. The van der Waals surface area contributed by atoms with Crippen LogP contribution in [0, 0.1) is 5.92 Å². The van der Waals surface area contributed by atoms with Crippen molar-refractivity contribution in [3.8, 4) is 0 Å². The monoisotopic (exact) mass is 446 g/mol. The molecule has 6 nitrogen and oxygen atoms in total. The molecular weight excluding hydrogens is 412 g/mol. The average molecular weight is 447 g/mol. The first-order chi connectivity index (χ1) is 15.0. The Hall–Kier alpha value is -1.44. The first kappa shape index (κ1) is 21.4. The molecule has 1 atom stereocenters. The third kappa shape index (κ3) is 4.29. The molecule has 170 valence electrons. The Balaban J connectivity index is 1.21. The number of ether oxygens (including phenoxy) is 1. The van der Waals surface area contributed by atoms with Crippen LogP contribution in [-0.4, -0.2) is 61.9 Å². The molecule has 1 spiro atoms. The Morgan fingerprint density at radius 1 is 1.03 bits per heavy atom. The number of piperidine rings is 1. The second kappa shape index (κ2) is 8.49. The summed E-state index contributed by atoms with van der Waals surface area (Å²) in [4.78, 5) is 15.0. The van der Waals surface area contributed by atoms with Gasteiger partial charge in [-0.2, -0.15) is 4.31 Å². The van der Waals surface area contributed by atoms with Crippen molar-refractivity contribution in [2.24, 2.45) is 5.92 Å². The summed E-state index contributed by atoms with van der Waals surface area (Å²) in [5.74, 6) is 0.637. The van der Waals surface area contributed by atoms with E-state index in [-0.39, 0.29) is 11.5 Å². The molecule has 4 aliphatic rings. The fourth-order valence-electron chi connectivity index (χ4n) is 5.99. The lowest BCUT2D eigenvalue weighted by molar-refractivity contribution is -0.139. The minimum atomic E-state index is -3.47. The first-order valence-corrected chi connectivity index (χ1v) is 13.4. The Morgan fingerprint density at radius 2 is 1.77 bits per heavy atom. The van der Waals surface area contributed by atoms with Crippen LogP contribution in [0.2, 0.25) is 0 Å². The molecule has 5 rings (SSSR count). The molecular formula is C24H34N2O4S. The summed E-state index contributed by atoms with van der Waals surface area (Å²) in [6.07, 6.45) is 9.24. The summed E-state index contributed by atoms with van der Waals surface area (Å²) < 4.78 is 34.4. The maximum Gasteiger partial charge on any atom is 0.243 e. The largest absolute Gasteiger partial charge is 0.375 e. The molecule has 3 aliphatic heterocycles. The fraction of sp³-hybridized carbons (Fsp3) is 0.708. The number of carbonyl (C=O) groups is 1. The molecule has 3 saturated heterocycles. The smallest absolute Gasteiger partial charge is 0.243 e. The topological polar surface area (TPSA) is 66.9 Å². The first-order valence-electron chi connectivity index (χ1n) is 12.0. The van der Waals surface area contributed by atoms with E-state index in [0.717, 1.165) is 58.0 Å². The van der Waals surface area contributed by atoms with Crippen LogP contribution in [-0.2, 0) is 32.4 Å². The van der Waals surface area contributed by atoms with Crippen LogP contribution in [0.5, 0.6) is 0 Å². The number of benzene rings is 1. The number of rotatable bonds is 4. The summed E-state index contributed by atoms with van der Waals surface area (Å²) in [5.41, 5.74) is 2.22. The molecule has 1 aromatic carbocycles. The molecule has 1 aromatic rings. The second-order valence-corrected chi connectivity index (χ2v) is 11.8. The van der Waals surface area contributed by atoms with E-state index in [1.807, 2.05) is 17.0 Å². The van der Waals surface area contributed by atoms with E-state index in [1.54, 1.807) is 10.4 Å². The molecule has 1 aliphatic carbocycles. The van der Waals surface area contributed by atoms with E-state index in [2.05, 4.69) is 0 Å². The number of sulfonamides is 1. The molecule has 1 unspecified atom stereocenters. The molecule has 0 bridgehead atoms. The van der Waals surface area contributed by atoms with Crippen molar-refractivity contribution in [3.05, 3.63) is 29.3 Å². The Labute approximate surface area is 186 Å². The van der Waals surface area contributed by atoms with Gasteiger partial charge in [-0.1, -0.05) is 6.07 Å². The van der Waals surface area contributed by atoms with Crippen LogP contribution in [0.15, 0.2) is 23.1 Å². The van der Waals surface area contributed by atoms with E-state index in [4.69, 9.17) is 4.74 Å². The summed E-state index contributed by atoms with van der Waals surface area (Å²) in [5, 5.41) is 0. The Kier molecular flexibility index (Phi) is 5.86. The van der Waals surface area contributed by atoms with E-state index in [9.17, 15) is 13.2 Å². The van der Waals surface area contributed by atoms with Crippen LogP contribution in [0.25, 0.3) is 0 Å². The van der Waals surface area contributed by atoms with Gasteiger partial charge in [-0.15, -0.1) is 0 Å². The Bertz CT molecular complexity index is 931. The standard InChI is InChI=1S/C24H34N2O4S/c27-23(25-11-1-2-12-25)16-19-8-15-30-24(18-19)9-13-26(14-10-24)31(28,29)22-7-6-20-4-3-5-21(20)17-22/h6-7,17,19H,1-5,8-16,18H2. The molecule has 7 heteroatoms. The number of carbonyl (C=O) groups excluding carboxylic acids is 1.